The fourth-order valence-corrected chi connectivity index (χ4v) is 2.11. The number of rotatable bonds is 2. The zero-order chi connectivity index (χ0) is 12.0. The van der Waals surface area contributed by atoms with E-state index in [-0.39, 0.29) is 12.8 Å². The second-order valence-corrected chi connectivity index (χ2v) is 4.41. The third kappa shape index (κ3) is 1.87. The Hall–Kier alpha value is -1.23. The molecule has 2 rings (SSSR count). The van der Waals surface area contributed by atoms with Crippen LogP contribution in [0.25, 0.3) is 0 Å². The molecule has 0 saturated heterocycles. The van der Waals surface area contributed by atoms with Crippen LogP contribution in [-0.4, -0.2) is 18.0 Å². The number of alkyl halides is 2. The molecule has 1 aromatic heterocycles. The number of methoxy groups -OCH3 is 1. The number of aryl methyl sites for hydroxylation is 1. The molecule has 0 unspecified atom stereocenters. The Morgan fingerprint density at radius 2 is 2.00 bits per heavy atom. The average Bonchev–Trinajstić information content (AvgIpc) is 2.13. The first-order valence-electron chi connectivity index (χ1n) is 5.05. The highest BCUT2D eigenvalue weighted by atomic mass is 19.3. The number of nitrogens with two attached hydrogens (primary N) is 1. The SMILES string of the molecule is COc1cc(C2(N)CC(F)(F)C2)cc(C)n1. The molecule has 0 spiro atoms. The van der Waals surface area contributed by atoms with Crippen molar-refractivity contribution in [3.63, 3.8) is 0 Å². The van der Waals surface area contributed by atoms with Gasteiger partial charge in [0, 0.05) is 24.6 Å². The molecule has 5 heteroatoms. The van der Waals surface area contributed by atoms with Gasteiger partial charge < -0.3 is 10.5 Å². The fourth-order valence-electron chi connectivity index (χ4n) is 2.11. The smallest absolute Gasteiger partial charge is 0.252 e. The lowest BCUT2D eigenvalue weighted by Gasteiger charge is -2.44. The molecule has 0 atom stereocenters. The molecule has 0 amide bonds. The first-order valence-corrected chi connectivity index (χ1v) is 5.05. The molecule has 0 bridgehead atoms. The zero-order valence-corrected chi connectivity index (χ0v) is 9.26. The van der Waals surface area contributed by atoms with Gasteiger partial charge in [-0.3, -0.25) is 0 Å². The van der Waals surface area contributed by atoms with Crippen molar-refractivity contribution in [3.8, 4) is 5.88 Å². The second kappa shape index (κ2) is 3.38. The van der Waals surface area contributed by atoms with E-state index in [1.807, 2.05) is 0 Å². The van der Waals surface area contributed by atoms with Gasteiger partial charge in [-0.15, -0.1) is 0 Å². The third-order valence-corrected chi connectivity index (χ3v) is 2.86. The van der Waals surface area contributed by atoms with Crippen LogP contribution < -0.4 is 10.5 Å². The lowest BCUT2D eigenvalue weighted by molar-refractivity contribution is -0.125. The van der Waals surface area contributed by atoms with E-state index in [2.05, 4.69) is 4.98 Å². The highest BCUT2D eigenvalue weighted by Gasteiger charge is 2.55. The minimum Gasteiger partial charge on any atom is -0.481 e. The number of nitrogens with zero attached hydrogens (tertiary/aromatic N) is 1. The highest BCUT2D eigenvalue weighted by Crippen LogP contribution is 2.50. The van der Waals surface area contributed by atoms with Crippen LogP contribution >= 0.6 is 0 Å². The van der Waals surface area contributed by atoms with Gasteiger partial charge in [-0.1, -0.05) is 0 Å². The molecule has 0 radical (unpaired) electrons. The van der Waals surface area contributed by atoms with Crippen molar-refractivity contribution in [2.75, 3.05) is 7.11 Å². The number of hydrogen-bond donors (Lipinski definition) is 1. The summed E-state index contributed by atoms with van der Waals surface area (Å²) in [4.78, 5) is 4.10. The van der Waals surface area contributed by atoms with Crippen LogP contribution in [0.1, 0.15) is 24.1 Å². The molecular formula is C11H14F2N2O. The van der Waals surface area contributed by atoms with Crippen molar-refractivity contribution in [1.82, 2.24) is 4.98 Å². The molecule has 1 aliphatic carbocycles. The predicted molar refractivity (Wildman–Crippen MR) is 55.6 cm³/mol. The Kier molecular flexibility index (Phi) is 2.38. The van der Waals surface area contributed by atoms with Gasteiger partial charge in [-0.05, 0) is 18.6 Å². The summed E-state index contributed by atoms with van der Waals surface area (Å²) in [6.07, 6.45) is -0.626. The Morgan fingerprint density at radius 3 is 2.50 bits per heavy atom. The summed E-state index contributed by atoms with van der Waals surface area (Å²) in [5.41, 5.74) is 6.38. The lowest BCUT2D eigenvalue weighted by Crippen LogP contribution is -2.55. The summed E-state index contributed by atoms with van der Waals surface area (Å²) in [5, 5.41) is 0. The summed E-state index contributed by atoms with van der Waals surface area (Å²) in [7, 11) is 1.49. The van der Waals surface area contributed by atoms with Crippen molar-refractivity contribution < 1.29 is 13.5 Å². The van der Waals surface area contributed by atoms with Gasteiger partial charge in [-0.25, -0.2) is 13.8 Å². The lowest BCUT2D eigenvalue weighted by atomic mass is 9.70. The normalized spacial score (nSPS) is 21.3. The molecule has 1 fully saturated rings. The van der Waals surface area contributed by atoms with E-state index in [1.165, 1.54) is 7.11 Å². The van der Waals surface area contributed by atoms with Crippen LogP contribution in [-0.2, 0) is 5.54 Å². The first kappa shape index (κ1) is 11.3. The summed E-state index contributed by atoms with van der Waals surface area (Å²) in [6, 6.07) is 3.36. The van der Waals surface area contributed by atoms with E-state index in [1.54, 1.807) is 19.1 Å². The van der Waals surface area contributed by atoms with Crippen LogP contribution in [0.15, 0.2) is 12.1 Å². The third-order valence-electron chi connectivity index (χ3n) is 2.86. The van der Waals surface area contributed by atoms with Crippen molar-refractivity contribution >= 4 is 0 Å². The predicted octanol–water partition coefficient (Wildman–Crippen LogP) is 1.98. The van der Waals surface area contributed by atoms with E-state index < -0.39 is 11.5 Å². The number of pyridine rings is 1. The Balaban J connectivity index is 2.31. The van der Waals surface area contributed by atoms with E-state index in [0.29, 0.717) is 11.4 Å². The van der Waals surface area contributed by atoms with E-state index in [4.69, 9.17) is 10.5 Å². The van der Waals surface area contributed by atoms with Crippen molar-refractivity contribution in [2.24, 2.45) is 5.73 Å². The molecule has 16 heavy (non-hydrogen) atoms. The van der Waals surface area contributed by atoms with Gasteiger partial charge in [0.15, 0.2) is 0 Å². The Labute approximate surface area is 92.6 Å². The fraction of sp³-hybridized carbons (Fsp3) is 0.545. The maximum Gasteiger partial charge on any atom is 0.252 e. The Morgan fingerprint density at radius 1 is 1.38 bits per heavy atom. The summed E-state index contributed by atoms with van der Waals surface area (Å²) >= 11 is 0. The number of halogens is 2. The minimum atomic E-state index is -2.64. The van der Waals surface area contributed by atoms with Gasteiger partial charge in [0.1, 0.15) is 0 Å². The average molecular weight is 228 g/mol. The van der Waals surface area contributed by atoms with Crippen LogP contribution in [0.2, 0.25) is 0 Å². The molecule has 1 heterocycles. The van der Waals surface area contributed by atoms with E-state index in [9.17, 15) is 8.78 Å². The number of hydrogen-bond acceptors (Lipinski definition) is 3. The van der Waals surface area contributed by atoms with Crippen LogP contribution in [0.3, 0.4) is 0 Å². The van der Waals surface area contributed by atoms with Gasteiger partial charge in [0.25, 0.3) is 5.92 Å². The zero-order valence-electron chi connectivity index (χ0n) is 9.26. The topological polar surface area (TPSA) is 48.1 Å². The molecule has 2 N–H and O–H groups in total. The number of ether oxygens (including phenoxy) is 1. The van der Waals surface area contributed by atoms with Crippen LogP contribution in [0, 0.1) is 6.92 Å². The maximum atomic E-state index is 12.9. The van der Waals surface area contributed by atoms with Gasteiger partial charge in [-0.2, -0.15) is 0 Å². The molecule has 88 valence electrons. The standard InChI is InChI=1S/C11H14F2N2O/c1-7-3-8(4-9(15-7)16-2)10(14)5-11(12,13)6-10/h3-4H,5-6,14H2,1-2H3. The van der Waals surface area contributed by atoms with Crippen molar-refractivity contribution in [3.05, 3.63) is 23.4 Å². The van der Waals surface area contributed by atoms with E-state index >= 15 is 0 Å². The molecule has 3 nitrogen and oxygen atoms in total. The molecule has 0 aromatic carbocycles. The summed E-state index contributed by atoms with van der Waals surface area (Å²) in [5.74, 6) is -2.23. The van der Waals surface area contributed by atoms with Crippen molar-refractivity contribution in [1.29, 1.82) is 0 Å². The first-order chi connectivity index (χ1) is 7.35. The molecule has 1 aromatic rings. The van der Waals surface area contributed by atoms with Gasteiger partial charge in [0.2, 0.25) is 5.88 Å². The number of aromatic nitrogens is 1. The summed E-state index contributed by atoms with van der Waals surface area (Å²) < 4.78 is 30.7. The largest absolute Gasteiger partial charge is 0.481 e. The highest BCUT2D eigenvalue weighted by molar-refractivity contribution is 5.33. The quantitative estimate of drug-likeness (QED) is 0.842. The van der Waals surface area contributed by atoms with Gasteiger partial charge >= 0.3 is 0 Å². The van der Waals surface area contributed by atoms with Gasteiger partial charge in [0.05, 0.1) is 12.6 Å². The molecule has 1 aliphatic rings. The molecule has 0 aliphatic heterocycles. The van der Waals surface area contributed by atoms with Crippen LogP contribution in [0.4, 0.5) is 8.78 Å². The van der Waals surface area contributed by atoms with Crippen LogP contribution in [0.5, 0.6) is 5.88 Å². The maximum absolute atomic E-state index is 12.9. The Bertz CT molecular complexity index is 412. The molecule has 1 saturated carbocycles. The summed E-state index contributed by atoms with van der Waals surface area (Å²) in [6.45, 7) is 1.78. The monoisotopic (exact) mass is 228 g/mol. The van der Waals surface area contributed by atoms with E-state index in [0.717, 1.165) is 5.69 Å². The molecular weight excluding hydrogens is 214 g/mol. The van der Waals surface area contributed by atoms with Crippen molar-refractivity contribution in [2.45, 2.75) is 31.2 Å². The minimum absolute atomic E-state index is 0.313. The second-order valence-electron chi connectivity index (χ2n) is 4.41.